The molecule has 0 bridgehead atoms. The number of aromatic nitrogens is 3. The normalized spacial score (nSPS) is 10.4. The van der Waals surface area contributed by atoms with Crippen LogP contribution in [0, 0.1) is 11.8 Å². The maximum atomic E-state index is 13.2. The molecule has 6 heteroatoms. The molecule has 0 saturated heterocycles. The Morgan fingerprint density at radius 3 is 2.71 bits per heavy atom. The van der Waals surface area contributed by atoms with Gasteiger partial charge in [-0.15, -0.1) is 0 Å². The van der Waals surface area contributed by atoms with Crippen LogP contribution in [0.5, 0.6) is 0 Å². The lowest BCUT2D eigenvalue weighted by Crippen LogP contribution is -2.02. The van der Waals surface area contributed by atoms with E-state index in [1.54, 1.807) is 0 Å². The molecule has 0 atom stereocenters. The predicted octanol–water partition coefficient (Wildman–Crippen LogP) is 1.13. The minimum absolute atomic E-state index is 0.0193. The Kier molecular flexibility index (Phi) is 1.88. The van der Waals surface area contributed by atoms with E-state index in [0.717, 1.165) is 10.9 Å². The average Bonchev–Trinajstić information content (AvgIpc) is 2.57. The summed E-state index contributed by atoms with van der Waals surface area (Å²) in [5.74, 6) is -1.96. The number of rotatable bonds is 1. The Labute approximate surface area is 78.0 Å². The summed E-state index contributed by atoms with van der Waals surface area (Å²) >= 11 is 0. The quantitative estimate of drug-likeness (QED) is 0.695. The van der Waals surface area contributed by atoms with E-state index in [1.807, 2.05) is 0 Å². The summed E-state index contributed by atoms with van der Waals surface area (Å²) in [6, 6.07) is 2.79. The molecule has 14 heavy (non-hydrogen) atoms. The van der Waals surface area contributed by atoms with Gasteiger partial charge in [0, 0.05) is 18.5 Å². The molecule has 0 radical (unpaired) electrons. The Balaban J connectivity index is 2.57. The maximum absolute atomic E-state index is 13.2. The molecular formula is C8H6F2N4. The van der Waals surface area contributed by atoms with Crippen LogP contribution in [0.1, 0.15) is 0 Å². The van der Waals surface area contributed by atoms with Gasteiger partial charge in [0.05, 0.1) is 0 Å². The van der Waals surface area contributed by atoms with Crippen molar-refractivity contribution in [2.45, 2.75) is 0 Å². The first-order chi connectivity index (χ1) is 6.68. The van der Waals surface area contributed by atoms with Gasteiger partial charge < -0.3 is 5.73 Å². The molecule has 0 aliphatic heterocycles. The first kappa shape index (κ1) is 8.61. The highest BCUT2D eigenvalue weighted by molar-refractivity contribution is 5.34. The van der Waals surface area contributed by atoms with Crippen molar-refractivity contribution in [3.05, 3.63) is 36.3 Å². The van der Waals surface area contributed by atoms with Crippen LogP contribution in [0.15, 0.2) is 24.5 Å². The van der Waals surface area contributed by atoms with E-state index in [2.05, 4.69) is 10.1 Å². The number of halogens is 2. The topological polar surface area (TPSA) is 56.7 Å². The summed E-state index contributed by atoms with van der Waals surface area (Å²) in [5, 5.41) is 3.74. The van der Waals surface area contributed by atoms with Gasteiger partial charge in [-0.25, -0.2) is 9.67 Å². The molecule has 72 valence electrons. The highest BCUT2D eigenvalue weighted by Crippen LogP contribution is 2.13. The van der Waals surface area contributed by atoms with E-state index in [0.29, 0.717) is 0 Å². The molecule has 0 aliphatic rings. The Bertz CT molecular complexity index is 466. The maximum Gasteiger partial charge on any atom is 0.251 e. The molecule has 0 spiro atoms. The van der Waals surface area contributed by atoms with Gasteiger partial charge in [-0.1, -0.05) is 0 Å². The van der Waals surface area contributed by atoms with E-state index < -0.39 is 11.8 Å². The Morgan fingerprint density at radius 1 is 1.29 bits per heavy atom. The molecule has 0 saturated carbocycles. The molecule has 0 aromatic carbocycles. The van der Waals surface area contributed by atoms with Gasteiger partial charge in [0.2, 0.25) is 5.82 Å². The standard InChI is InChI=1S/C8H6F2N4/c9-7-5(1-3-12-8(7)10)14-4-2-6(11)13-14/h1-4H,(H2,11,13). The zero-order valence-electron chi connectivity index (χ0n) is 6.98. The highest BCUT2D eigenvalue weighted by atomic mass is 19.2. The minimum atomic E-state index is -1.16. The predicted molar refractivity (Wildman–Crippen MR) is 45.7 cm³/mol. The van der Waals surface area contributed by atoms with Crippen LogP contribution in [0.4, 0.5) is 14.6 Å². The van der Waals surface area contributed by atoms with Crippen LogP contribution < -0.4 is 5.73 Å². The lowest BCUT2D eigenvalue weighted by molar-refractivity contribution is 0.473. The van der Waals surface area contributed by atoms with E-state index in [1.165, 1.54) is 18.3 Å². The van der Waals surface area contributed by atoms with Crippen LogP contribution in [0.2, 0.25) is 0 Å². The van der Waals surface area contributed by atoms with Crippen molar-refractivity contribution in [2.24, 2.45) is 0 Å². The van der Waals surface area contributed by atoms with Crippen molar-refractivity contribution in [2.75, 3.05) is 5.73 Å². The lowest BCUT2D eigenvalue weighted by Gasteiger charge is -2.01. The van der Waals surface area contributed by atoms with E-state index in [-0.39, 0.29) is 11.5 Å². The van der Waals surface area contributed by atoms with Crippen LogP contribution in [-0.4, -0.2) is 14.8 Å². The number of anilines is 1. The summed E-state index contributed by atoms with van der Waals surface area (Å²) in [4.78, 5) is 3.16. The van der Waals surface area contributed by atoms with Gasteiger partial charge in [-0.3, -0.25) is 0 Å². The molecule has 0 unspecified atom stereocenters. The molecule has 2 N–H and O–H groups in total. The third-order valence-electron chi connectivity index (χ3n) is 1.68. The third kappa shape index (κ3) is 1.30. The van der Waals surface area contributed by atoms with Crippen molar-refractivity contribution >= 4 is 5.82 Å². The van der Waals surface area contributed by atoms with Crippen molar-refractivity contribution in [1.82, 2.24) is 14.8 Å². The third-order valence-corrected chi connectivity index (χ3v) is 1.68. The molecule has 0 aliphatic carbocycles. The van der Waals surface area contributed by atoms with Crippen LogP contribution >= 0.6 is 0 Å². The van der Waals surface area contributed by atoms with Crippen molar-refractivity contribution in [3.63, 3.8) is 0 Å². The van der Waals surface area contributed by atoms with E-state index in [4.69, 9.17) is 5.73 Å². The fraction of sp³-hybridized carbons (Fsp3) is 0. The second-order valence-corrected chi connectivity index (χ2v) is 2.62. The zero-order chi connectivity index (χ0) is 10.1. The lowest BCUT2D eigenvalue weighted by atomic mass is 10.4. The monoisotopic (exact) mass is 196 g/mol. The second kappa shape index (κ2) is 3.06. The number of hydrogen-bond donors (Lipinski definition) is 1. The van der Waals surface area contributed by atoms with Gasteiger partial charge in [0.15, 0.2) is 0 Å². The highest BCUT2D eigenvalue weighted by Gasteiger charge is 2.10. The summed E-state index contributed by atoms with van der Waals surface area (Å²) in [7, 11) is 0. The summed E-state index contributed by atoms with van der Waals surface area (Å²) in [6.07, 6.45) is 2.60. The smallest absolute Gasteiger partial charge is 0.251 e. The van der Waals surface area contributed by atoms with Gasteiger partial charge in [-0.05, 0) is 6.07 Å². The summed E-state index contributed by atoms with van der Waals surface area (Å²) in [5.41, 5.74) is 5.32. The fourth-order valence-electron chi connectivity index (χ4n) is 1.06. The molecule has 2 heterocycles. The zero-order valence-corrected chi connectivity index (χ0v) is 6.98. The van der Waals surface area contributed by atoms with Crippen molar-refractivity contribution < 1.29 is 8.78 Å². The molecule has 0 fully saturated rings. The number of nitrogen functional groups attached to an aromatic ring is 1. The molecule has 2 aromatic heterocycles. The summed E-state index contributed by atoms with van der Waals surface area (Å²) < 4.78 is 27.0. The second-order valence-electron chi connectivity index (χ2n) is 2.62. The number of hydrogen-bond acceptors (Lipinski definition) is 3. The molecule has 2 aromatic rings. The van der Waals surface area contributed by atoms with Crippen molar-refractivity contribution in [1.29, 1.82) is 0 Å². The molecular weight excluding hydrogens is 190 g/mol. The SMILES string of the molecule is Nc1ccn(-c2ccnc(F)c2F)n1. The minimum Gasteiger partial charge on any atom is -0.382 e. The molecule has 4 nitrogen and oxygen atoms in total. The largest absolute Gasteiger partial charge is 0.382 e. The number of pyridine rings is 1. The summed E-state index contributed by atoms with van der Waals surface area (Å²) in [6.45, 7) is 0. The fourth-order valence-corrected chi connectivity index (χ4v) is 1.06. The average molecular weight is 196 g/mol. The molecule has 0 amide bonds. The Hall–Kier alpha value is -1.98. The first-order valence-electron chi connectivity index (χ1n) is 3.80. The van der Waals surface area contributed by atoms with Gasteiger partial charge in [-0.2, -0.15) is 13.9 Å². The van der Waals surface area contributed by atoms with E-state index >= 15 is 0 Å². The van der Waals surface area contributed by atoms with Gasteiger partial charge >= 0.3 is 0 Å². The first-order valence-corrected chi connectivity index (χ1v) is 3.80. The van der Waals surface area contributed by atoms with Gasteiger partial charge in [0.25, 0.3) is 5.95 Å². The van der Waals surface area contributed by atoms with Crippen LogP contribution in [-0.2, 0) is 0 Å². The number of nitrogens with two attached hydrogens (primary N) is 1. The van der Waals surface area contributed by atoms with E-state index in [9.17, 15) is 8.78 Å². The van der Waals surface area contributed by atoms with Gasteiger partial charge in [0.1, 0.15) is 11.5 Å². The number of nitrogens with zero attached hydrogens (tertiary/aromatic N) is 3. The molecule has 2 rings (SSSR count). The van der Waals surface area contributed by atoms with Crippen LogP contribution in [0.3, 0.4) is 0 Å². The van der Waals surface area contributed by atoms with Crippen LogP contribution in [0.25, 0.3) is 5.69 Å². The van der Waals surface area contributed by atoms with Crippen molar-refractivity contribution in [3.8, 4) is 5.69 Å². The Morgan fingerprint density at radius 2 is 2.07 bits per heavy atom.